The number of hydrogen-bond donors (Lipinski definition) is 3. The van der Waals surface area contributed by atoms with Crippen molar-refractivity contribution in [1.29, 1.82) is 0 Å². The summed E-state index contributed by atoms with van der Waals surface area (Å²) >= 11 is 5.85. The minimum Gasteiger partial charge on any atom is -0.481 e. The third-order valence-electron chi connectivity index (χ3n) is 3.06. The lowest BCUT2D eigenvalue weighted by atomic mass is 10.1. The van der Waals surface area contributed by atoms with Gasteiger partial charge in [0.25, 0.3) is 0 Å². The molecule has 0 unspecified atom stereocenters. The summed E-state index contributed by atoms with van der Waals surface area (Å²) in [6.07, 6.45) is 0.127. The summed E-state index contributed by atoms with van der Waals surface area (Å²) in [6.45, 7) is 0. The Hall–Kier alpha value is -2.86. The summed E-state index contributed by atoms with van der Waals surface area (Å²) in [4.78, 5) is 22.7. The maximum absolute atomic E-state index is 11.9. The van der Waals surface area contributed by atoms with Gasteiger partial charge in [0.2, 0.25) is 0 Å². The number of anilines is 1. The Bertz CT molecular complexity index is 748. The topological polar surface area (TPSA) is 90.8 Å². The number of carbonyl (C=O) groups is 2. The van der Waals surface area contributed by atoms with Crippen LogP contribution in [0.2, 0.25) is 5.02 Å². The molecule has 3 N–H and O–H groups in total. The monoisotopic (exact) mass is 345 g/mol. The molecule has 24 heavy (non-hydrogen) atoms. The van der Waals surface area contributed by atoms with Crippen LogP contribution in [0.25, 0.3) is 0 Å². The molecule has 2 amide bonds. The van der Waals surface area contributed by atoms with Crippen LogP contribution in [0.4, 0.5) is 10.5 Å². The van der Waals surface area contributed by atoms with E-state index >= 15 is 0 Å². The van der Waals surface area contributed by atoms with Gasteiger partial charge in [-0.05, 0) is 23.8 Å². The van der Waals surface area contributed by atoms with Gasteiger partial charge in [0.1, 0.15) is 0 Å². The number of carbonyl (C=O) groups excluding carboxylic acids is 1. The summed E-state index contributed by atoms with van der Waals surface area (Å²) in [6, 6.07) is 15.2. The molecule has 6 nitrogen and oxygen atoms in total. The lowest BCUT2D eigenvalue weighted by Crippen LogP contribution is -2.25. The van der Waals surface area contributed by atoms with Crippen molar-refractivity contribution in [2.24, 2.45) is 5.10 Å². The fourth-order valence-corrected chi connectivity index (χ4v) is 2.15. The van der Waals surface area contributed by atoms with Gasteiger partial charge in [0.15, 0.2) is 0 Å². The van der Waals surface area contributed by atoms with E-state index in [1.165, 1.54) is 0 Å². The molecular weight excluding hydrogens is 330 g/mol. The lowest BCUT2D eigenvalue weighted by molar-refractivity contribution is -0.136. The number of nitrogens with one attached hydrogen (secondary N) is 2. The van der Waals surface area contributed by atoms with Gasteiger partial charge in [-0.25, -0.2) is 10.2 Å². The van der Waals surface area contributed by atoms with Gasteiger partial charge in [0, 0.05) is 17.1 Å². The SMILES string of the molecule is O=C(O)CC/C(=N/NC(=O)Nc1cccc(Cl)c1)c1ccccc1. The highest BCUT2D eigenvalue weighted by molar-refractivity contribution is 6.30. The van der Waals surface area contributed by atoms with Crippen molar-refractivity contribution in [3.8, 4) is 0 Å². The molecule has 0 radical (unpaired) electrons. The van der Waals surface area contributed by atoms with E-state index in [1.54, 1.807) is 36.4 Å². The van der Waals surface area contributed by atoms with E-state index in [-0.39, 0.29) is 12.8 Å². The van der Waals surface area contributed by atoms with E-state index in [4.69, 9.17) is 16.7 Å². The highest BCUT2D eigenvalue weighted by atomic mass is 35.5. The Morgan fingerprint density at radius 1 is 1.04 bits per heavy atom. The number of benzene rings is 2. The number of nitrogens with zero attached hydrogens (tertiary/aromatic N) is 1. The molecule has 2 rings (SSSR count). The van der Waals surface area contributed by atoms with Gasteiger partial charge in [-0.1, -0.05) is 48.0 Å². The fraction of sp³-hybridized carbons (Fsp3) is 0.118. The maximum atomic E-state index is 11.9. The van der Waals surface area contributed by atoms with Crippen molar-refractivity contribution in [1.82, 2.24) is 5.43 Å². The summed E-state index contributed by atoms with van der Waals surface area (Å²) in [7, 11) is 0. The lowest BCUT2D eigenvalue weighted by Gasteiger charge is -2.08. The first-order valence-electron chi connectivity index (χ1n) is 7.21. The van der Waals surface area contributed by atoms with Gasteiger partial charge in [-0.2, -0.15) is 5.10 Å². The normalized spacial score (nSPS) is 11.0. The molecule has 2 aromatic carbocycles. The molecule has 2 aromatic rings. The zero-order chi connectivity index (χ0) is 17.4. The third kappa shape index (κ3) is 5.73. The van der Waals surface area contributed by atoms with E-state index < -0.39 is 12.0 Å². The van der Waals surface area contributed by atoms with Crippen LogP contribution in [-0.2, 0) is 4.79 Å². The number of hydrazone groups is 1. The van der Waals surface area contributed by atoms with Crippen molar-refractivity contribution in [3.63, 3.8) is 0 Å². The van der Waals surface area contributed by atoms with Gasteiger partial charge in [-0.3, -0.25) is 4.79 Å². The molecule has 7 heteroatoms. The van der Waals surface area contributed by atoms with Crippen molar-refractivity contribution < 1.29 is 14.7 Å². The standard InChI is InChI=1S/C17H16ClN3O3/c18-13-7-4-8-14(11-13)19-17(24)21-20-15(9-10-16(22)23)12-5-2-1-3-6-12/h1-8,11H,9-10H2,(H,22,23)(H2,19,21,24)/b20-15-. The van der Waals surface area contributed by atoms with Crippen molar-refractivity contribution in [2.45, 2.75) is 12.8 Å². The molecule has 0 aromatic heterocycles. The number of amides is 2. The predicted molar refractivity (Wildman–Crippen MR) is 93.5 cm³/mol. The van der Waals surface area contributed by atoms with Gasteiger partial charge >= 0.3 is 12.0 Å². The number of halogens is 1. The van der Waals surface area contributed by atoms with E-state index in [0.717, 1.165) is 5.56 Å². The Kier molecular flexibility index (Phi) is 6.33. The largest absolute Gasteiger partial charge is 0.481 e. The van der Waals surface area contributed by atoms with E-state index in [9.17, 15) is 9.59 Å². The van der Waals surface area contributed by atoms with E-state index in [1.807, 2.05) is 18.2 Å². The molecular formula is C17H16ClN3O3. The second-order valence-electron chi connectivity index (χ2n) is 4.89. The summed E-state index contributed by atoms with van der Waals surface area (Å²) < 4.78 is 0. The molecule has 0 spiro atoms. The van der Waals surface area contributed by atoms with Gasteiger partial charge in [0.05, 0.1) is 12.1 Å². The molecule has 0 saturated heterocycles. The Labute approximate surface area is 144 Å². The first-order chi connectivity index (χ1) is 11.5. The second kappa shape index (κ2) is 8.69. The van der Waals surface area contributed by atoms with Crippen LogP contribution in [-0.4, -0.2) is 22.8 Å². The summed E-state index contributed by atoms with van der Waals surface area (Å²) in [5.41, 5.74) is 4.14. The molecule has 0 atom stereocenters. The average molecular weight is 346 g/mol. The predicted octanol–water partition coefficient (Wildman–Crippen LogP) is 3.73. The molecule has 0 fully saturated rings. The molecule has 0 bridgehead atoms. The number of urea groups is 1. The smallest absolute Gasteiger partial charge is 0.339 e. The third-order valence-corrected chi connectivity index (χ3v) is 3.29. The first kappa shape index (κ1) is 17.5. The Morgan fingerprint density at radius 3 is 2.46 bits per heavy atom. The highest BCUT2D eigenvalue weighted by Gasteiger charge is 2.08. The zero-order valence-electron chi connectivity index (χ0n) is 12.7. The van der Waals surface area contributed by atoms with Crippen LogP contribution in [0.3, 0.4) is 0 Å². The molecule has 0 saturated carbocycles. The quantitative estimate of drug-likeness (QED) is 0.550. The number of hydrogen-bond acceptors (Lipinski definition) is 3. The molecule has 0 heterocycles. The number of carboxylic acids is 1. The minimum atomic E-state index is -0.929. The van der Waals surface area contributed by atoms with Crippen LogP contribution >= 0.6 is 11.6 Å². The van der Waals surface area contributed by atoms with Crippen molar-refractivity contribution >= 4 is 35.0 Å². The Balaban J connectivity index is 2.05. The second-order valence-corrected chi connectivity index (χ2v) is 5.33. The van der Waals surface area contributed by atoms with Crippen LogP contribution in [0.15, 0.2) is 59.7 Å². The Morgan fingerprint density at radius 2 is 1.79 bits per heavy atom. The summed E-state index contributed by atoms with van der Waals surface area (Å²) in [5, 5.41) is 16.0. The zero-order valence-corrected chi connectivity index (χ0v) is 13.5. The van der Waals surface area contributed by atoms with Crippen LogP contribution in [0.1, 0.15) is 18.4 Å². The van der Waals surface area contributed by atoms with Crippen LogP contribution in [0, 0.1) is 0 Å². The fourth-order valence-electron chi connectivity index (χ4n) is 1.96. The summed E-state index contributed by atoms with van der Waals surface area (Å²) in [5.74, 6) is -0.929. The first-order valence-corrected chi connectivity index (χ1v) is 7.59. The van der Waals surface area contributed by atoms with Crippen LogP contribution in [0.5, 0.6) is 0 Å². The number of aliphatic carboxylic acids is 1. The van der Waals surface area contributed by atoms with Gasteiger partial charge in [-0.15, -0.1) is 0 Å². The van der Waals surface area contributed by atoms with E-state index in [0.29, 0.717) is 16.4 Å². The van der Waals surface area contributed by atoms with E-state index in [2.05, 4.69) is 15.8 Å². The van der Waals surface area contributed by atoms with Crippen molar-refractivity contribution in [2.75, 3.05) is 5.32 Å². The molecule has 0 aliphatic carbocycles. The maximum Gasteiger partial charge on any atom is 0.339 e. The molecule has 0 aliphatic rings. The highest BCUT2D eigenvalue weighted by Crippen LogP contribution is 2.14. The molecule has 124 valence electrons. The van der Waals surface area contributed by atoms with Crippen LogP contribution < -0.4 is 10.7 Å². The van der Waals surface area contributed by atoms with Crippen molar-refractivity contribution in [3.05, 3.63) is 65.2 Å². The minimum absolute atomic E-state index is 0.0781. The number of rotatable bonds is 6. The molecule has 0 aliphatic heterocycles. The number of carboxylic acid groups (broad SMARTS) is 1. The van der Waals surface area contributed by atoms with Gasteiger partial charge < -0.3 is 10.4 Å². The average Bonchev–Trinajstić information content (AvgIpc) is 2.55.